The molecule has 1 aromatic carbocycles. The molecule has 1 rings (SSSR count). The van der Waals surface area contributed by atoms with Gasteiger partial charge in [-0.25, -0.2) is 4.79 Å². The van der Waals surface area contributed by atoms with Gasteiger partial charge in [-0.2, -0.15) is 0 Å². The number of carbonyl (C=O) groups is 1. The van der Waals surface area contributed by atoms with Crippen molar-refractivity contribution in [2.75, 3.05) is 18.9 Å². The molecule has 0 aliphatic rings. The predicted molar refractivity (Wildman–Crippen MR) is 85.6 cm³/mol. The molecule has 2 N–H and O–H groups in total. The van der Waals surface area contributed by atoms with Crippen molar-refractivity contribution in [3.63, 3.8) is 0 Å². The van der Waals surface area contributed by atoms with E-state index >= 15 is 0 Å². The molecule has 1 unspecified atom stereocenters. The van der Waals surface area contributed by atoms with Crippen molar-refractivity contribution in [1.29, 1.82) is 0 Å². The van der Waals surface area contributed by atoms with Crippen LogP contribution < -0.4 is 10.5 Å². The minimum absolute atomic E-state index is 0.338. The summed E-state index contributed by atoms with van der Waals surface area (Å²) in [7, 11) is 0. The molecule has 0 aliphatic heterocycles. The molecule has 0 aromatic heterocycles. The van der Waals surface area contributed by atoms with Crippen molar-refractivity contribution >= 4 is 11.7 Å². The van der Waals surface area contributed by atoms with Crippen molar-refractivity contribution in [3.8, 4) is 5.75 Å². The van der Waals surface area contributed by atoms with Gasteiger partial charge in [0.15, 0.2) is 0 Å². The summed E-state index contributed by atoms with van der Waals surface area (Å²) in [6.07, 6.45) is 4.41. The summed E-state index contributed by atoms with van der Waals surface area (Å²) in [5, 5.41) is 0. The van der Waals surface area contributed by atoms with E-state index < -0.39 is 5.97 Å². The monoisotopic (exact) mass is 293 g/mol. The number of ether oxygens (including phenoxy) is 2. The van der Waals surface area contributed by atoms with Gasteiger partial charge >= 0.3 is 5.97 Å². The molecule has 4 heteroatoms. The highest BCUT2D eigenvalue weighted by Crippen LogP contribution is 2.26. The number of benzene rings is 1. The zero-order valence-corrected chi connectivity index (χ0v) is 13.4. The van der Waals surface area contributed by atoms with Crippen molar-refractivity contribution in [1.82, 2.24) is 0 Å². The summed E-state index contributed by atoms with van der Waals surface area (Å²) >= 11 is 0. The average molecular weight is 293 g/mol. The highest BCUT2D eigenvalue weighted by Gasteiger charge is 2.19. The predicted octanol–water partition coefficient (Wildman–Crippen LogP) is 4.04. The Morgan fingerprint density at radius 3 is 2.67 bits per heavy atom. The molecule has 21 heavy (non-hydrogen) atoms. The standard InChI is InChI=1S/C17H27NO3/c1-4-7-9-13(5-2)12-21-17(19)16-14(18)10-8-11-15(16)20-6-3/h8,10-11,13H,4-7,9,12,18H2,1-3H3. The molecule has 1 aromatic rings. The topological polar surface area (TPSA) is 61.5 Å². The molecule has 0 fully saturated rings. The maximum atomic E-state index is 12.3. The summed E-state index contributed by atoms with van der Waals surface area (Å²) < 4.78 is 10.9. The first-order chi connectivity index (χ1) is 10.1. The molecule has 0 saturated carbocycles. The maximum absolute atomic E-state index is 12.3. The Morgan fingerprint density at radius 2 is 2.05 bits per heavy atom. The van der Waals surface area contributed by atoms with Gasteiger partial charge in [-0.15, -0.1) is 0 Å². The van der Waals surface area contributed by atoms with Gasteiger partial charge in [0.2, 0.25) is 0 Å². The third-order valence-electron chi connectivity index (χ3n) is 3.56. The maximum Gasteiger partial charge on any atom is 0.344 e. The largest absolute Gasteiger partial charge is 0.493 e. The van der Waals surface area contributed by atoms with Gasteiger partial charge in [-0.3, -0.25) is 0 Å². The molecule has 0 spiro atoms. The van der Waals surface area contributed by atoms with E-state index in [2.05, 4.69) is 13.8 Å². The molecule has 0 radical (unpaired) electrons. The fourth-order valence-corrected chi connectivity index (χ4v) is 2.21. The number of nitrogens with two attached hydrogens (primary N) is 1. The van der Waals surface area contributed by atoms with Crippen LogP contribution in [0.1, 0.15) is 56.8 Å². The summed E-state index contributed by atoms with van der Waals surface area (Å²) in [5.74, 6) is 0.505. The molecule has 0 saturated heterocycles. The Kier molecular flexibility index (Phi) is 7.65. The van der Waals surface area contributed by atoms with Gasteiger partial charge in [-0.1, -0.05) is 39.2 Å². The second kappa shape index (κ2) is 9.27. The van der Waals surface area contributed by atoms with Crippen LogP contribution in [-0.4, -0.2) is 19.2 Å². The Bertz CT molecular complexity index is 446. The number of anilines is 1. The number of hydrogen-bond acceptors (Lipinski definition) is 4. The summed E-state index contributed by atoms with van der Waals surface area (Å²) in [6.45, 7) is 7.08. The summed E-state index contributed by atoms with van der Waals surface area (Å²) in [4.78, 5) is 12.3. The molecular formula is C17H27NO3. The minimum Gasteiger partial charge on any atom is -0.493 e. The third-order valence-corrected chi connectivity index (χ3v) is 3.56. The van der Waals surface area contributed by atoms with E-state index in [1.165, 1.54) is 0 Å². The number of nitrogen functional groups attached to an aromatic ring is 1. The lowest BCUT2D eigenvalue weighted by molar-refractivity contribution is 0.0425. The fourth-order valence-electron chi connectivity index (χ4n) is 2.21. The third kappa shape index (κ3) is 5.29. The van der Waals surface area contributed by atoms with E-state index in [1.807, 2.05) is 6.92 Å². The summed E-state index contributed by atoms with van der Waals surface area (Å²) in [6, 6.07) is 5.20. The Morgan fingerprint density at radius 1 is 1.29 bits per heavy atom. The van der Waals surface area contributed by atoms with Crippen LogP contribution in [-0.2, 0) is 4.74 Å². The first kappa shape index (κ1) is 17.3. The van der Waals surface area contributed by atoms with Gasteiger partial charge in [0.05, 0.1) is 13.2 Å². The Hall–Kier alpha value is -1.71. The van der Waals surface area contributed by atoms with Crippen LogP contribution >= 0.6 is 0 Å². The molecular weight excluding hydrogens is 266 g/mol. The van der Waals surface area contributed by atoms with Crippen LogP contribution in [0.3, 0.4) is 0 Å². The van der Waals surface area contributed by atoms with E-state index in [1.54, 1.807) is 18.2 Å². The van der Waals surface area contributed by atoms with Crippen LogP contribution in [0.5, 0.6) is 5.75 Å². The lowest BCUT2D eigenvalue weighted by Gasteiger charge is -2.16. The van der Waals surface area contributed by atoms with Gasteiger partial charge < -0.3 is 15.2 Å². The number of hydrogen-bond donors (Lipinski definition) is 1. The quantitative estimate of drug-likeness (QED) is 0.551. The SMILES string of the molecule is CCCCC(CC)COC(=O)c1c(N)cccc1OCC. The molecule has 1 atom stereocenters. The molecule has 118 valence electrons. The minimum atomic E-state index is -0.397. The lowest BCUT2D eigenvalue weighted by Crippen LogP contribution is -2.16. The van der Waals surface area contributed by atoms with Crippen LogP contribution in [0, 0.1) is 5.92 Å². The zero-order chi connectivity index (χ0) is 15.7. The van der Waals surface area contributed by atoms with E-state index in [0.29, 0.717) is 36.1 Å². The average Bonchev–Trinajstić information content (AvgIpc) is 2.47. The van der Waals surface area contributed by atoms with Crippen LogP contribution in [0.25, 0.3) is 0 Å². The van der Waals surface area contributed by atoms with E-state index in [0.717, 1.165) is 25.7 Å². The smallest absolute Gasteiger partial charge is 0.344 e. The number of unbranched alkanes of at least 4 members (excludes halogenated alkanes) is 1. The normalized spacial score (nSPS) is 12.0. The first-order valence-electron chi connectivity index (χ1n) is 7.82. The number of esters is 1. The van der Waals surface area contributed by atoms with Crippen molar-refractivity contribution < 1.29 is 14.3 Å². The zero-order valence-electron chi connectivity index (χ0n) is 13.4. The highest BCUT2D eigenvalue weighted by molar-refractivity contribution is 5.98. The second-order valence-electron chi connectivity index (χ2n) is 5.17. The second-order valence-corrected chi connectivity index (χ2v) is 5.17. The van der Waals surface area contributed by atoms with E-state index in [4.69, 9.17) is 15.2 Å². The lowest BCUT2D eigenvalue weighted by atomic mass is 10.0. The number of carbonyl (C=O) groups excluding carboxylic acids is 1. The van der Waals surface area contributed by atoms with Gasteiger partial charge in [-0.05, 0) is 31.4 Å². The van der Waals surface area contributed by atoms with Gasteiger partial charge in [0.25, 0.3) is 0 Å². The summed E-state index contributed by atoms with van der Waals surface area (Å²) in [5.41, 5.74) is 6.62. The first-order valence-corrected chi connectivity index (χ1v) is 7.82. The van der Waals surface area contributed by atoms with E-state index in [-0.39, 0.29) is 0 Å². The molecule has 0 amide bonds. The van der Waals surface area contributed by atoms with Crippen LogP contribution in [0.2, 0.25) is 0 Å². The molecule has 4 nitrogen and oxygen atoms in total. The van der Waals surface area contributed by atoms with Gasteiger partial charge in [0, 0.05) is 5.69 Å². The highest BCUT2D eigenvalue weighted by atomic mass is 16.5. The fraction of sp³-hybridized carbons (Fsp3) is 0.588. The molecule has 0 aliphatic carbocycles. The Balaban J connectivity index is 2.70. The van der Waals surface area contributed by atoms with Crippen LogP contribution in [0.4, 0.5) is 5.69 Å². The molecule has 0 heterocycles. The molecule has 0 bridgehead atoms. The Labute approximate surface area is 127 Å². The number of rotatable bonds is 9. The van der Waals surface area contributed by atoms with Crippen LogP contribution in [0.15, 0.2) is 18.2 Å². The van der Waals surface area contributed by atoms with Gasteiger partial charge in [0.1, 0.15) is 11.3 Å². The van der Waals surface area contributed by atoms with Crippen molar-refractivity contribution in [2.24, 2.45) is 5.92 Å². The van der Waals surface area contributed by atoms with E-state index in [9.17, 15) is 4.79 Å². The van der Waals surface area contributed by atoms with Crippen molar-refractivity contribution in [3.05, 3.63) is 23.8 Å². The van der Waals surface area contributed by atoms with Crippen molar-refractivity contribution in [2.45, 2.75) is 46.5 Å².